The van der Waals surface area contributed by atoms with Crippen molar-refractivity contribution >= 4 is 21.6 Å². The van der Waals surface area contributed by atoms with Gasteiger partial charge in [0.2, 0.25) is 0 Å². The summed E-state index contributed by atoms with van der Waals surface area (Å²) in [4.78, 5) is 12.8. The van der Waals surface area contributed by atoms with E-state index in [9.17, 15) is 9.18 Å². The van der Waals surface area contributed by atoms with Gasteiger partial charge in [0.05, 0.1) is 16.8 Å². The molecule has 4 aromatic rings. The zero-order chi connectivity index (χ0) is 19.4. The number of halogens is 1. The summed E-state index contributed by atoms with van der Waals surface area (Å²) in [6, 6.07) is 13.8. The number of benzene rings is 1. The Labute approximate surface area is 161 Å². The van der Waals surface area contributed by atoms with Gasteiger partial charge in [0.15, 0.2) is 0 Å². The minimum absolute atomic E-state index is 0.159. The quantitative estimate of drug-likeness (QED) is 0.510. The van der Waals surface area contributed by atoms with Crippen molar-refractivity contribution in [2.75, 3.05) is 0 Å². The number of hydrogen-bond acceptors (Lipinski definition) is 3. The lowest BCUT2D eigenvalue weighted by Crippen LogP contribution is -2.22. The standard InChI is InChI=1S/C11H9FN2O.C10H13NS/c12-10-5-2-1-4-9(10)8-14-11(15)6-3-7-13-14;1-7(2)10-6-8-9(12-10)4-5-11(8)3/h1-7H,8H2;4-7H,1-3H3. The first-order valence-electron chi connectivity index (χ1n) is 8.76. The minimum Gasteiger partial charge on any atom is -0.350 e. The smallest absolute Gasteiger partial charge is 0.267 e. The highest BCUT2D eigenvalue weighted by molar-refractivity contribution is 7.19. The number of aromatic nitrogens is 3. The van der Waals surface area contributed by atoms with E-state index in [1.54, 1.807) is 24.3 Å². The summed E-state index contributed by atoms with van der Waals surface area (Å²) in [6.45, 7) is 4.64. The van der Waals surface area contributed by atoms with E-state index in [2.05, 4.69) is 48.9 Å². The second kappa shape index (κ2) is 8.31. The molecule has 4 nitrogen and oxygen atoms in total. The highest BCUT2D eigenvalue weighted by Gasteiger charge is 2.06. The van der Waals surface area contributed by atoms with E-state index in [4.69, 9.17) is 0 Å². The van der Waals surface area contributed by atoms with Crippen LogP contribution in [0.4, 0.5) is 4.39 Å². The van der Waals surface area contributed by atoms with Gasteiger partial charge >= 0.3 is 0 Å². The number of rotatable bonds is 3. The van der Waals surface area contributed by atoms with Crippen LogP contribution in [0.25, 0.3) is 10.2 Å². The van der Waals surface area contributed by atoms with E-state index in [0.717, 1.165) is 0 Å². The number of nitrogens with zero attached hydrogens (tertiary/aromatic N) is 3. The van der Waals surface area contributed by atoms with Crippen LogP contribution in [0.2, 0.25) is 0 Å². The van der Waals surface area contributed by atoms with Gasteiger partial charge in [-0.05, 0) is 30.2 Å². The highest BCUT2D eigenvalue weighted by atomic mass is 32.1. The van der Waals surface area contributed by atoms with Crippen LogP contribution < -0.4 is 5.56 Å². The topological polar surface area (TPSA) is 39.8 Å². The maximum Gasteiger partial charge on any atom is 0.267 e. The van der Waals surface area contributed by atoms with E-state index in [1.165, 1.54) is 38.1 Å². The number of thiophene rings is 1. The fourth-order valence-corrected chi connectivity index (χ4v) is 3.74. The fourth-order valence-electron chi connectivity index (χ4n) is 2.65. The van der Waals surface area contributed by atoms with Crippen molar-refractivity contribution in [3.63, 3.8) is 0 Å². The van der Waals surface area contributed by atoms with Crippen LogP contribution in [0.3, 0.4) is 0 Å². The molecule has 1 aromatic carbocycles. The van der Waals surface area contributed by atoms with Gasteiger partial charge < -0.3 is 4.57 Å². The molecule has 0 bridgehead atoms. The molecule has 0 amide bonds. The lowest BCUT2D eigenvalue weighted by atomic mass is 10.2. The number of fused-ring (bicyclic) bond motifs is 1. The first kappa shape index (κ1) is 19.0. The zero-order valence-electron chi connectivity index (χ0n) is 15.6. The summed E-state index contributed by atoms with van der Waals surface area (Å²) in [5, 5.41) is 3.85. The van der Waals surface area contributed by atoms with E-state index in [1.807, 2.05) is 11.3 Å². The molecule has 3 aromatic heterocycles. The maximum atomic E-state index is 13.3. The van der Waals surface area contributed by atoms with Gasteiger partial charge in [-0.2, -0.15) is 5.10 Å². The minimum atomic E-state index is -0.324. The van der Waals surface area contributed by atoms with Crippen molar-refractivity contribution < 1.29 is 4.39 Å². The molecule has 4 rings (SSSR count). The molecule has 0 saturated heterocycles. The summed E-state index contributed by atoms with van der Waals surface area (Å²) < 4.78 is 18.1. The number of hydrogen-bond donors (Lipinski definition) is 0. The van der Waals surface area contributed by atoms with Crippen LogP contribution in [-0.2, 0) is 13.6 Å². The monoisotopic (exact) mass is 383 g/mol. The average molecular weight is 383 g/mol. The third-order valence-electron chi connectivity index (χ3n) is 4.22. The molecule has 3 heterocycles. The Bertz CT molecular complexity index is 1090. The number of aryl methyl sites for hydroxylation is 1. The molecule has 0 aliphatic rings. The van der Waals surface area contributed by atoms with E-state index in [0.29, 0.717) is 11.5 Å². The molecule has 0 aliphatic carbocycles. The zero-order valence-corrected chi connectivity index (χ0v) is 16.4. The Morgan fingerprint density at radius 3 is 2.59 bits per heavy atom. The highest BCUT2D eigenvalue weighted by Crippen LogP contribution is 2.30. The molecule has 27 heavy (non-hydrogen) atoms. The van der Waals surface area contributed by atoms with Crippen LogP contribution in [0.1, 0.15) is 30.2 Å². The van der Waals surface area contributed by atoms with Gasteiger partial charge in [0, 0.05) is 35.9 Å². The maximum absolute atomic E-state index is 13.3. The van der Waals surface area contributed by atoms with Crippen molar-refractivity contribution in [2.45, 2.75) is 26.3 Å². The molecule has 0 spiro atoms. The van der Waals surface area contributed by atoms with Gasteiger partial charge in [0.1, 0.15) is 5.82 Å². The molecular formula is C21H22FN3OS. The molecule has 140 valence electrons. The van der Waals surface area contributed by atoms with Gasteiger partial charge in [-0.3, -0.25) is 4.79 Å². The van der Waals surface area contributed by atoms with Gasteiger partial charge in [-0.15, -0.1) is 11.3 Å². The van der Waals surface area contributed by atoms with Crippen molar-refractivity contribution in [1.82, 2.24) is 14.3 Å². The molecular weight excluding hydrogens is 361 g/mol. The van der Waals surface area contributed by atoms with Crippen molar-refractivity contribution in [3.05, 3.63) is 87.5 Å². The molecule has 0 radical (unpaired) electrons. The summed E-state index contributed by atoms with van der Waals surface area (Å²) in [5.74, 6) is 0.331. The molecule has 6 heteroatoms. The second-order valence-electron chi connectivity index (χ2n) is 6.59. The van der Waals surface area contributed by atoms with E-state index >= 15 is 0 Å². The summed E-state index contributed by atoms with van der Waals surface area (Å²) in [5.41, 5.74) is 1.59. The van der Waals surface area contributed by atoms with Gasteiger partial charge in [0.25, 0.3) is 5.56 Å². The second-order valence-corrected chi connectivity index (χ2v) is 7.71. The normalized spacial score (nSPS) is 10.9. The summed E-state index contributed by atoms with van der Waals surface area (Å²) in [6.07, 6.45) is 3.62. The fraction of sp³-hybridized carbons (Fsp3) is 0.238. The van der Waals surface area contributed by atoms with E-state index in [-0.39, 0.29) is 17.9 Å². The van der Waals surface area contributed by atoms with Crippen LogP contribution in [-0.4, -0.2) is 14.3 Å². The van der Waals surface area contributed by atoms with Gasteiger partial charge in [-0.1, -0.05) is 32.0 Å². The van der Waals surface area contributed by atoms with Crippen molar-refractivity contribution in [1.29, 1.82) is 0 Å². The Hall–Kier alpha value is -2.73. The predicted octanol–water partition coefficient (Wildman–Crippen LogP) is 4.79. The van der Waals surface area contributed by atoms with Gasteiger partial charge in [-0.25, -0.2) is 9.07 Å². The first-order chi connectivity index (χ1) is 13.0. The lowest BCUT2D eigenvalue weighted by Gasteiger charge is -2.04. The molecule has 0 saturated carbocycles. The molecule has 0 fully saturated rings. The van der Waals surface area contributed by atoms with Crippen LogP contribution in [0.5, 0.6) is 0 Å². The molecule has 0 N–H and O–H groups in total. The Kier molecular flexibility index (Phi) is 5.86. The summed E-state index contributed by atoms with van der Waals surface area (Å²) >= 11 is 1.91. The first-order valence-corrected chi connectivity index (χ1v) is 9.57. The van der Waals surface area contributed by atoms with E-state index < -0.39 is 0 Å². The largest absolute Gasteiger partial charge is 0.350 e. The predicted molar refractivity (Wildman–Crippen MR) is 109 cm³/mol. The molecule has 0 atom stereocenters. The lowest BCUT2D eigenvalue weighted by molar-refractivity contribution is 0.572. The Morgan fingerprint density at radius 2 is 1.93 bits per heavy atom. The van der Waals surface area contributed by atoms with Crippen molar-refractivity contribution in [2.24, 2.45) is 7.05 Å². The van der Waals surface area contributed by atoms with Crippen LogP contribution >= 0.6 is 11.3 Å². The Morgan fingerprint density at radius 1 is 1.15 bits per heavy atom. The SMILES string of the molecule is CC(C)c1cc2c(ccn2C)s1.O=c1cccnn1Cc1ccccc1F. The third-order valence-corrected chi connectivity index (χ3v) is 5.61. The average Bonchev–Trinajstić information content (AvgIpc) is 3.22. The molecule has 0 unspecified atom stereocenters. The summed E-state index contributed by atoms with van der Waals surface area (Å²) in [7, 11) is 2.10. The molecule has 0 aliphatic heterocycles. The van der Waals surface area contributed by atoms with Crippen LogP contribution in [0.15, 0.2) is 65.7 Å². The van der Waals surface area contributed by atoms with Crippen LogP contribution in [0, 0.1) is 5.82 Å². The third kappa shape index (κ3) is 4.52. The van der Waals surface area contributed by atoms with Crippen molar-refractivity contribution in [3.8, 4) is 0 Å². The Balaban J connectivity index is 0.000000159.